The Labute approximate surface area is 185 Å². The topological polar surface area (TPSA) is 58.6 Å². The smallest absolute Gasteiger partial charge is 0.416 e. The second-order valence-electron chi connectivity index (χ2n) is 7.10. The number of carbonyl (C=O) groups is 2. The predicted octanol–water partition coefficient (Wildman–Crippen LogP) is 5.25. The largest absolute Gasteiger partial charge is 0.497 e. The molecule has 4 rings (SSSR count). The first-order valence-electron chi connectivity index (χ1n) is 9.66. The van der Waals surface area contributed by atoms with Crippen molar-refractivity contribution in [2.75, 3.05) is 17.3 Å². The minimum atomic E-state index is -4.65. The van der Waals surface area contributed by atoms with Gasteiger partial charge in [-0.1, -0.05) is 18.2 Å². The number of anilines is 2. The average molecular weight is 456 g/mol. The summed E-state index contributed by atoms with van der Waals surface area (Å²) in [5.41, 5.74) is -0.786. The summed E-state index contributed by atoms with van der Waals surface area (Å²) < 4.78 is 58.1. The Hall–Kier alpha value is -4.14. The van der Waals surface area contributed by atoms with Gasteiger partial charge >= 0.3 is 6.18 Å². The SMILES string of the molecule is COc1ccc(NC2=C(c3ccc(F)cc3)C(=O)N(c3cccc(C(F)(F)F)c3)C2=O)cc1. The van der Waals surface area contributed by atoms with Crippen molar-refractivity contribution in [1.29, 1.82) is 0 Å². The molecule has 2 amide bonds. The number of ether oxygens (including phenoxy) is 1. The van der Waals surface area contributed by atoms with Crippen molar-refractivity contribution in [3.8, 4) is 5.75 Å². The Morgan fingerprint density at radius 3 is 2.15 bits per heavy atom. The third kappa shape index (κ3) is 4.30. The Morgan fingerprint density at radius 1 is 0.879 bits per heavy atom. The van der Waals surface area contributed by atoms with Gasteiger partial charge < -0.3 is 10.1 Å². The third-order valence-electron chi connectivity index (χ3n) is 5.01. The number of imide groups is 1. The van der Waals surface area contributed by atoms with Gasteiger partial charge in [-0.3, -0.25) is 9.59 Å². The maximum Gasteiger partial charge on any atom is 0.416 e. The van der Waals surface area contributed by atoms with Crippen molar-refractivity contribution in [3.05, 3.63) is 95.4 Å². The highest BCUT2D eigenvalue weighted by Crippen LogP contribution is 2.37. The number of nitrogens with one attached hydrogen (secondary N) is 1. The highest BCUT2D eigenvalue weighted by molar-refractivity contribution is 6.46. The van der Waals surface area contributed by atoms with E-state index >= 15 is 0 Å². The Kier molecular flexibility index (Phi) is 5.63. The first kappa shape index (κ1) is 22.1. The molecule has 0 saturated heterocycles. The Morgan fingerprint density at radius 2 is 1.55 bits per heavy atom. The minimum Gasteiger partial charge on any atom is -0.497 e. The molecule has 0 radical (unpaired) electrons. The molecule has 1 N–H and O–H groups in total. The second kappa shape index (κ2) is 8.42. The van der Waals surface area contributed by atoms with Crippen LogP contribution >= 0.6 is 0 Å². The fraction of sp³-hybridized carbons (Fsp3) is 0.0833. The third-order valence-corrected chi connectivity index (χ3v) is 5.01. The Balaban J connectivity index is 1.79. The number of carbonyl (C=O) groups excluding carboxylic acids is 2. The van der Waals surface area contributed by atoms with E-state index in [1.54, 1.807) is 24.3 Å². The molecule has 1 heterocycles. The van der Waals surface area contributed by atoms with Crippen molar-refractivity contribution in [3.63, 3.8) is 0 Å². The summed E-state index contributed by atoms with van der Waals surface area (Å²) in [6.45, 7) is 0. The van der Waals surface area contributed by atoms with Crippen LogP contribution in [0.15, 0.2) is 78.5 Å². The molecule has 9 heteroatoms. The van der Waals surface area contributed by atoms with Crippen LogP contribution in [-0.2, 0) is 15.8 Å². The van der Waals surface area contributed by atoms with Crippen molar-refractivity contribution >= 4 is 28.8 Å². The van der Waals surface area contributed by atoms with Crippen molar-refractivity contribution < 1.29 is 31.9 Å². The van der Waals surface area contributed by atoms with Crippen LogP contribution in [0.4, 0.5) is 28.9 Å². The van der Waals surface area contributed by atoms with Crippen LogP contribution in [0.5, 0.6) is 5.75 Å². The summed E-state index contributed by atoms with van der Waals surface area (Å²) in [4.78, 5) is 27.2. The summed E-state index contributed by atoms with van der Waals surface area (Å²) in [5.74, 6) is -1.65. The van der Waals surface area contributed by atoms with E-state index in [2.05, 4.69) is 5.32 Å². The summed E-state index contributed by atoms with van der Waals surface area (Å²) in [6, 6.07) is 15.3. The number of alkyl halides is 3. The molecule has 0 bridgehead atoms. The molecular weight excluding hydrogens is 440 g/mol. The number of hydrogen-bond donors (Lipinski definition) is 1. The van der Waals surface area contributed by atoms with Crippen LogP contribution in [0, 0.1) is 5.82 Å². The molecule has 0 atom stereocenters. The summed E-state index contributed by atoms with van der Waals surface area (Å²) in [6.07, 6.45) is -4.65. The van der Waals surface area contributed by atoms with Gasteiger partial charge in [0.2, 0.25) is 0 Å². The van der Waals surface area contributed by atoms with Gasteiger partial charge in [-0.2, -0.15) is 13.2 Å². The molecule has 5 nitrogen and oxygen atoms in total. The number of hydrogen-bond acceptors (Lipinski definition) is 4. The average Bonchev–Trinajstić information content (AvgIpc) is 3.04. The molecule has 0 aliphatic carbocycles. The van der Waals surface area contributed by atoms with E-state index in [-0.39, 0.29) is 22.5 Å². The van der Waals surface area contributed by atoms with Crippen LogP contribution in [-0.4, -0.2) is 18.9 Å². The van der Waals surface area contributed by atoms with Gasteiger partial charge in [0.05, 0.1) is 23.9 Å². The normalized spacial score (nSPS) is 14.2. The molecule has 0 spiro atoms. The molecule has 0 fully saturated rings. The van der Waals surface area contributed by atoms with Crippen LogP contribution in [0.25, 0.3) is 5.57 Å². The molecule has 3 aromatic rings. The van der Waals surface area contributed by atoms with Gasteiger partial charge in [0.15, 0.2) is 0 Å². The van der Waals surface area contributed by atoms with Crippen molar-refractivity contribution in [1.82, 2.24) is 0 Å². The highest BCUT2D eigenvalue weighted by atomic mass is 19.4. The van der Waals surface area contributed by atoms with Gasteiger partial charge in [-0.15, -0.1) is 0 Å². The quantitative estimate of drug-likeness (QED) is 0.421. The van der Waals surface area contributed by atoms with E-state index in [1.165, 1.54) is 25.3 Å². The van der Waals surface area contributed by atoms with Gasteiger partial charge in [0, 0.05) is 5.69 Å². The van der Waals surface area contributed by atoms with Crippen molar-refractivity contribution in [2.24, 2.45) is 0 Å². The fourth-order valence-corrected chi connectivity index (χ4v) is 3.40. The predicted molar refractivity (Wildman–Crippen MR) is 114 cm³/mol. The lowest BCUT2D eigenvalue weighted by Gasteiger charge is -2.17. The molecule has 1 aliphatic rings. The number of amides is 2. The molecule has 1 aliphatic heterocycles. The molecular formula is C24H16F4N2O3. The van der Waals surface area contributed by atoms with Gasteiger partial charge in [0.25, 0.3) is 11.8 Å². The zero-order valence-electron chi connectivity index (χ0n) is 17.1. The Bertz CT molecular complexity index is 1250. The van der Waals surface area contributed by atoms with Crippen LogP contribution in [0.2, 0.25) is 0 Å². The highest BCUT2D eigenvalue weighted by Gasteiger charge is 2.41. The first-order valence-corrected chi connectivity index (χ1v) is 9.66. The molecule has 3 aromatic carbocycles. The molecule has 0 saturated carbocycles. The van der Waals surface area contributed by atoms with Crippen LogP contribution in [0.3, 0.4) is 0 Å². The summed E-state index contributed by atoms with van der Waals surface area (Å²) in [7, 11) is 1.49. The van der Waals surface area contributed by atoms with E-state index in [9.17, 15) is 27.2 Å². The molecule has 33 heavy (non-hydrogen) atoms. The maximum absolute atomic E-state index is 13.4. The number of rotatable bonds is 5. The van der Waals surface area contributed by atoms with E-state index in [0.717, 1.165) is 30.3 Å². The zero-order chi connectivity index (χ0) is 23.8. The number of benzene rings is 3. The number of methoxy groups -OCH3 is 1. The zero-order valence-corrected chi connectivity index (χ0v) is 17.1. The lowest BCUT2D eigenvalue weighted by atomic mass is 10.0. The van der Waals surface area contributed by atoms with E-state index in [0.29, 0.717) is 16.3 Å². The van der Waals surface area contributed by atoms with Gasteiger partial charge in [-0.25, -0.2) is 9.29 Å². The van der Waals surface area contributed by atoms with Crippen LogP contribution < -0.4 is 15.0 Å². The number of halogens is 4. The summed E-state index contributed by atoms with van der Waals surface area (Å²) in [5, 5.41) is 2.88. The number of nitrogens with zero attached hydrogens (tertiary/aromatic N) is 1. The van der Waals surface area contributed by atoms with E-state index < -0.39 is 29.4 Å². The van der Waals surface area contributed by atoms with Crippen LogP contribution in [0.1, 0.15) is 11.1 Å². The second-order valence-corrected chi connectivity index (χ2v) is 7.10. The maximum atomic E-state index is 13.4. The molecule has 168 valence electrons. The first-order chi connectivity index (χ1) is 15.7. The molecule has 0 aromatic heterocycles. The lowest BCUT2D eigenvalue weighted by molar-refractivity contribution is -0.137. The minimum absolute atomic E-state index is 0.0896. The summed E-state index contributed by atoms with van der Waals surface area (Å²) >= 11 is 0. The fourth-order valence-electron chi connectivity index (χ4n) is 3.40. The van der Waals surface area contributed by atoms with E-state index in [1.807, 2.05) is 0 Å². The van der Waals surface area contributed by atoms with Gasteiger partial charge in [-0.05, 0) is 60.2 Å². The van der Waals surface area contributed by atoms with Gasteiger partial charge in [0.1, 0.15) is 17.3 Å². The standard InChI is InChI=1S/C24H16F4N2O3/c1-33-19-11-9-17(10-12-19)29-21-20(14-5-7-16(25)8-6-14)22(31)30(23(21)32)18-4-2-3-15(13-18)24(26,27)28/h2-13,29H,1H3. The monoisotopic (exact) mass is 456 g/mol. The molecule has 0 unspecified atom stereocenters. The van der Waals surface area contributed by atoms with Crippen molar-refractivity contribution in [2.45, 2.75) is 6.18 Å². The lowest BCUT2D eigenvalue weighted by Crippen LogP contribution is -2.32. The van der Waals surface area contributed by atoms with E-state index in [4.69, 9.17) is 4.74 Å².